The number of aldehydes is 2. The van der Waals surface area contributed by atoms with Gasteiger partial charge in [0.1, 0.15) is 5.02 Å². The smallest absolute Gasteiger partial charge is 0.288 e. The van der Waals surface area contributed by atoms with Crippen LogP contribution in [-0.2, 0) is 0 Å². The van der Waals surface area contributed by atoms with Gasteiger partial charge in [0.25, 0.3) is 11.4 Å². The number of hydrogen-bond donors (Lipinski definition) is 0. The third-order valence-electron chi connectivity index (χ3n) is 3.14. The van der Waals surface area contributed by atoms with E-state index in [2.05, 4.69) is 0 Å². The number of rotatable bonds is 5. The molecule has 8 nitrogen and oxygen atoms in total. The molecule has 0 saturated carbocycles. The van der Waals surface area contributed by atoms with Gasteiger partial charge in [-0.3, -0.25) is 29.8 Å². The molecule has 0 saturated heterocycles. The molecule has 116 valence electrons. The predicted molar refractivity (Wildman–Crippen MR) is 81.0 cm³/mol. The molecule has 0 aliphatic rings. The molecule has 0 unspecified atom stereocenters. The first kappa shape index (κ1) is 16.2. The van der Waals surface area contributed by atoms with Gasteiger partial charge in [0, 0.05) is 29.3 Å². The molecule has 2 aromatic rings. The fourth-order valence-electron chi connectivity index (χ4n) is 2.08. The fraction of sp³-hybridized carbons (Fsp3) is 0. The van der Waals surface area contributed by atoms with Gasteiger partial charge < -0.3 is 0 Å². The van der Waals surface area contributed by atoms with Crippen molar-refractivity contribution in [2.75, 3.05) is 0 Å². The Hall–Kier alpha value is -3.13. The zero-order valence-corrected chi connectivity index (χ0v) is 12.0. The molecule has 0 N–H and O–H groups in total. The molecule has 0 atom stereocenters. The van der Waals surface area contributed by atoms with E-state index in [1.807, 2.05) is 0 Å². The molecule has 0 heterocycles. The highest BCUT2D eigenvalue weighted by atomic mass is 35.5. The highest BCUT2D eigenvalue weighted by Crippen LogP contribution is 2.36. The molecule has 0 radical (unpaired) electrons. The van der Waals surface area contributed by atoms with Crippen molar-refractivity contribution in [2.24, 2.45) is 0 Å². The Morgan fingerprint density at radius 1 is 0.913 bits per heavy atom. The standard InChI is InChI=1S/C14H7ClN2O6/c15-14-12(7-19)11(3-4-13(14)17(22)23)10-2-1-9(16(20)21)5-8(10)6-18/h1-7H. The molecule has 23 heavy (non-hydrogen) atoms. The third kappa shape index (κ3) is 2.92. The number of nitro groups is 2. The summed E-state index contributed by atoms with van der Waals surface area (Å²) in [5.74, 6) is 0. The van der Waals surface area contributed by atoms with Gasteiger partial charge in [-0.25, -0.2) is 0 Å². The summed E-state index contributed by atoms with van der Waals surface area (Å²) in [5, 5.41) is 21.2. The second-order valence-electron chi connectivity index (χ2n) is 4.38. The molecule has 9 heteroatoms. The lowest BCUT2D eigenvalue weighted by Gasteiger charge is -2.09. The normalized spacial score (nSPS) is 10.1. The van der Waals surface area contributed by atoms with Gasteiger partial charge in [0.2, 0.25) is 0 Å². The SMILES string of the molecule is O=Cc1cc([N+](=O)[O-])ccc1-c1ccc([N+](=O)[O-])c(Cl)c1C=O. The van der Waals surface area contributed by atoms with Crippen LogP contribution in [0.15, 0.2) is 30.3 Å². The molecule has 0 fully saturated rings. The molecule has 0 spiro atoms. The van der Waals surface area contributed by atoms with Crippen LogP contribution >= 0.6 is 11.6 Å². The van der Waals surface area contributed by atoms with Crippen molar-refractivity contribution in [3.8, 4) is 11.1 Å². The van der Waals surface area contributed by atoms with Gasteiger partial charge >= 0.3 is 0 Å². The van der Waals surface area contributed by atoms with E-state index in [9.17, 15) is 29.8 Å². The first-order valence-electron chi connectivity index (χ1n) is 6.06. The highest BCUT2D eigenvalue weighted by molar-refractivity contribution is 6.35. The number of carbonyl (C=O) groups is 2. The minimum Gasteiger partial charge on any atom is -0.298 e. The molecule has 0 aromatic heterocycles. The summed E-state index contributed by atoms with van der Waals surface area (Å²) < 4.78 is 0. The van der Waals surface area contributed by atoms with Crippen LogP contribution in [0.1, 0.15) is 20.7 Å². The number of hydrogen-bond acceptors (Lipinski definition) is 6. The lowest BCUT2D eigenvalue weighted by molar-refractivity contribution is -0.385. The van der Waals surface area contributed by atoms with Crippen LogP contribution in [0.2, 0.25) is 5.02 Å². The molecule has 2 rings (SSSR count). The summed E-state index contributed by atoms with van der Waals surface area (Å²) in [6.07, 6.45) is 0.729. The Balaban J connectivity index is 2.74. The second-order valence-corrected chi connectivity index (χ2v) is 4.76. The van der Waals surface area contributed by atoms with Gasteiger partial charge in [-0.1, -0.05) is 11.6 Å². The van der Waals surface area contributed by atoms with Crippen molar-refractivity contribution in [3.63, 3.8) is 0 Å². The van der Waals surface area contributed by atoms with Crippen molar-refractivity contribution in [1.82, 2.24) is 0 Å². The number of benzene rings is 2. The molecule has 0 bridgehead atoms. The van der Waals surface area contributed by atoms with Crippen LogP contribution in [0.3, 0.4) is 0 Å². The Labute approximate surface area is 133 Å². The van der Waals surface area contributed by atoms with Crippen LogP contribution in [0.25, 0.3) is 11.1 Å². The van der Waals surface area contributed by atoms with Crippen LogP contribution in [0.5, 0.6) is 0 Å². The summed E-state index contributed by atoms with van der Waals surface area (Å²) in [6.45, 7) is 0. The zero-order valence-electron chi connectivity index (χ0n) is 11.3. The van der Waals surface area contributed by atoms with Gasteiger partial charge in [-0.05, 0) is 23.3 Å². The topological polar surface area (TPSA) is 120 Å². The summed E-state index contributed by atoms with van der Waals surface area (Å²) in [7, 11) is 0. The van der Waals surface area contributed by atoms with Crippen LogP contribution < -0.4 is 0 Å². The van der Waals surface area contributed by atoms with Crippen LogP contribution in [0.4, 0.5) is 11.4 Å². The summed E-state index contributed by atoms with van der Waals surface area (Å²) in [4.78, 5) is 42.6. The molecule has 0 aliphatic carbocycles. The van der Waals surface area contributed by atoms with Crippen molar-refractivity contribution < 1.29 is 19.4 Å². The second kappa shape index (κ2) is 6.32. The molecular formula is C14H7ClN2O6. The number of non-ortho nitro benzene ring substituents is 1. The molecular weight excluding hydrogens is 328 g/mol. The number of halogens is 1. The Kier molecular flexibility index (Phi) is 4.47. The Bertz CT molecular complexity index is 849. The lowest BCUT2D eigenvalue weighted by atomic mass is 9.95. The minimum absolute atomic E-state index is 0.0350. The third-order valence-corrected chi connectivity index (χ3v) is 3.53. The molecule has 0 amide bonds. The monoisotopic (exact) mass is 334 g/mol. The number of nitro benzene ring substituents is 2. The minimum atomic E-state index is -0.740. The van der Waals surface area contributed by atoms with Crippen molar-refractivity contribution in [3.05, 3.63) is 66.7 Å². The molecule has 2 aromatic carbocycles. The highest BCUT2D eigenvalue weighted by Gasteiger charge is 2.21. The zero-order chi connectivity index (χ0) is 17.1. The first-order chi connectivity index (χ1) is 10.9. The van der Waals surface area contributed by atoms with Gasteiger partial charge in [-0.2, -0.15) is 0 Å². The van der Waals surface area contributed by atoms with Crippen LogP contribution in [0, 0.1) is 20.2 Å². The van der Waals surface area contributed by atoms with Crippen molar-refractivity contribution >= 4 is 35.5 Å². The maximum absolute atomic E-state index is 11.3. The Morgan fingerprint density at radius 2 is 1.57 bits per heavy atom. The summed E-state index contributed by atoms with van der Waals surface area (Å²) >= 11 is 5.87. The number of carbonyl (C=O) groups excluding carboxylic acids is 2. The van der Waals surface area contributed by atoms with Gasteiger partial charge in [-0.15, -0.1) is 0 Å². The molecule has 0 aliphatic heterocycles. The maximum Gasteiger partial charge on any atom is 0.288 e. The fourth-order valence-corrected chi connectivity index (χ4v) is 2.36. The van der Waals surface area contributed by atoms with Gasteiger partial charge in [0.05, 0.1) is 9.85 Å². The van der Waals surface area contributed by atoms with Crippen molar-refractivity contribution in [2.45, 2.75) is 0 Å². The van der Waals surface area contributed by atoms with E-state index in [0.717, 1.165) is 18.2 Å². The van der Waals surface area contributed by atoms with E-state index in [1.165, 1.54) is 12.1 Å². The maximum atomic E-state index is 11.3. The van der Waals surface area contributed by atoms with E-state index in [4.69, 9.17) is 11.6 Å². The van der Waals surface area contributed by atoms with E-state index < -0.39 is 15.5 Å². The van der Waals surface area contributed by atoms with Gasteiger partial charge in [0.15, 0.2) is 12.6 Å². The predicted octanol–water partition coefficient (Wildman–Crippen LogP) is 3.45. The van der Waals surface area contributed by atoms with E-state index in [1.54, 1.807) is 0 Å². The first-order valence-corrected chi connectivity index (χ1v) is 6.44. The largest absolute Gasteiger partial charge is 0.298 e. The van der Waals surface area contributed by atoms with E-state index in [0.29, 0.717) is 12.6 Å². The summed E-state index contributed by atoms with van der Waals surface area (Å²) in [5.41, 5.74) is -0.564. The summed E-state index contributed by atoms with van der Waals surface area (Å²) in [6, 6.07) is 5.85. The van der Waals surface area contributed by atoms with Crippen LogP contribution in [-0.4, -0.2) is 22.4 Å². The lowest BCUT2D eigenvalue weighted by Crippen LogP contribution is -1.98. The van der Waals surface area contributed by atoms with E-state index in [-0.39, 0.29) is 33.0 Å². The van der Waals surface area contributed by atoms with Crippen molar-refractivity contribution in [1.29, 1.82) is 0 Å². The Morgan fingerprint density at radius 3 is 2.09 bits per heavy atom. The van der Waals surface area contributed by atoms with E-state index >= 15 is 0 Å². The average molecular weight is 335 g/mol. The quantitative estimate of drug-likeness (QED) is 0.469. The average Bonchev–Trinajstić information content (AvgIpc) is 2.53. The number of nitrogens with zero attached hydrogens (tertiary/aromatic N) is 2.